The van der Waals surface area contributed by atoms with Crippen LogP contribution in [0.3, 0.4) is 0 Å². The maximum atomic E-state index is 12.4. The third-order valence-corrected chi connectivity index (χ3v) is 4.67. The number of benzene rings is 1. The molecule has 0 aromatic heterocycles. The van der Waals surface area contributed by atoms with Crippen molar-refractivity contribution in [2.45, 2.75) is 17.9 Å². The Morgan fingerprint density at radius 3 is 2.81 bits per heavy atom. The molecule has 1 aromatic carbocycles. The Morgan fingerprint density at radius 2 is 2.19 bits per heavy atom. The lowest BCUT2D eigenvalue weighted by Gasteiger charge is -2.23. The van der Waals surface area contributed by atoms with E-state index in [0.29, 0.717) is 25.5 Å². The van der Waals surface area contributed by atoms with Crippen LogP contribution in [-0.2, 0) is 19.5 Å². The molecule has 7 nitrogen and oxygen atoms in total. The average molecular weight is 316 g/mol. The van der Waals surface area contributed by atoms with Gasteiger partial charge in [0, 0.05) is 12.2 Å². The summed E-state index contributed by atoms with van der Waals surface area (Å²) in [5.74, 6) is 0.259. The number of nitrogens with one attached hydrogen (secondary N) is 1. The molecule has 1 aliphatic heterocycles. The first-order valence-electron chi connectivity index (χ1n) is 6.57. The molecule has 1 aromatic rings. The SMILES string of the molecule is COc1cc(C)c(N)cc1S(=O)(=O)NCC1COCCO1. The van der Waals surface area contributed by atoms with Gasteiger partial charge in [-0.2, -0.15) is 0 Å². The molecule has 1 saturated heterocycles. The van der Waals surface area contributed by atoms with Crippen molar-refractivity contribution in [3.63, 3.8) is 0 Å². The van der Waals surface area contributed by atoms with Crippen LogP contribution in [0.2, 0.25) is 0 Å². The molecular formula is C13H20N2O5S. The third kappa shape index (κ3) is 3.85. The molecule has 2 rings (SSSR count). The second-order valence-electron chi connectivity index (χ2n) is 4.78. The third-order valence-electron chi connectivity index (χ3n) is 3.23. The lowest BCUT2D eigenvalue weighted by atomic mass is 10.2. The van der Waals surface area contributed by atoms with Crippen LogP contribution in [0.25, 0.3) is 0 Å². The molecule has 118 valence electrons. The smallest absolute Gasteiger partial charge is 0.244 e. The number of anilines is 1. The summed E-state index contributed by atoms with van der Waals surface area (Å²) in [7, 11) is -2.31. The van der Waals surface area contributed by atoms with Crippen molar-refractivity contribution in [3.8, 4) is 5.75 Å². The second-order valence-corrected chi connectivity index (χ2v) is 6.51. The summed E-state index contributed by atoms with van der Waals surface area (Å²) in [6.45, 7) is 3.29. The highest BCUT2D eigenvalue weighted by molar-refractivity contribution is 7.89. The van der Waals surface area contributed by atoms with Crippen molar-refractivity contribution in [2.24, 2.45) is 0 Å². The Bertz CT molecular complexity index is 597. The highest BCUT2D eigenvalue weighted by Gasteiger charge is 2.23. The van der Waals surface area contributed by atoms with E-state index >= 15 is 0 Å². The van der Waals surface area contributed by atoms with E-state index in [1.165, 1.54) is 13.2 Å². The molecule has 0 spiro atoms. The number of rotatable bonds is 5. The van der Waals surface area contributed by atoms with E-state index in [1.54, 1.807) is 13.0 Å². The zero-order valence-electron chi connectivity index (χ0n) is 12.1. The maximum Gasteiger partial charge on any atom is 0.244 e. The van der Waals surface area contributed by atoms with Crippen molar-refractivity contribution in [1.29, 1.82) is 0 Å². The molecule has 1 aliphatic rings. The van der Waals surface area contributed by atoms with Gasteiger partial charge >= 0.3 is 0 Å². The Kier molecular flexibility index (Phi) is 5.04. The van der Waals surface area contributed by atoms with Crippen LogP contribution < -0.4 is 15.2 Å². The van der Waals surface area contributed by atoms with Gasteiger partial charge in [-0.1, -0.05) is 0 Å². The van der Waals surface area contributed by atoms with Crippen molar-refractivity contribution in [2.75, 3.05) is 39.2 Å². The van der Waals surface area contributed by atoms with Crippen LogP contribution in [0.1, 0.15) is 5.56 Å². The lowest BCUT2D eigenvalue weighted by Crippen LogP contribution is -2.39. The summed E-state index contributed by atoms with van der Waals surface area (Å²) in [5, 5.41) is 0. The molecule has 3 N–H and O–H groups in total. The fraction of sp³-hybridized carbons (Fsp3) is 0.538. The van der Waals surface area contributed by atoms with Crippen molar-refractivity contribution < 1.29 is 22.6 Å². The monoisotopic (exact) mass is 316 g/mol. The van der Waals surface area contributed by atoms with Crippen LogP contribution in [0.15, 0.2) is 17.0 Å². The van der Waals surface area contributed by atoms with Crippen LogP contribution in [0.5, 0.6) is 5.75 Å². The summed E-state index contributed by atoms with van der Waals surface area (Å²) >= 11 is 0. The van der Waals surface area contributed by atoms with Gasteiger partial charge in [0.2, 0.25) is 10.0 Å². The van der Waals surface area contributed by atoms with Gasteiger partial charge in [-0.3, -0.25) is 0 Å². The first-order valence-corrected chi connectivity index (χ1v) is 8.05. The largest absolute Gasteiger partial charge is 0.495 e. The molecule has 1 unspecified atom stereocenters. The minimum Gasteiger partial charge on any atom is -0.495 e. The predicted octanol–water partition coefficient (Wildman–Crippen LogP) is 0.280. The molecule has 21 heavy (non-hydrogen) atoms. The molecule has 1 heterocycles. The number of hydrogen-bond acceptors (Lipinski definition) is 6. The Morgan fingerprint density at radius 1 is 1.43 bits per heavy atom. The van der Waals surface area contributed by atoms with E-state index in [0.717, 1.165) is 5.56 Å². The van der Waals surface area contributed by atoms with Gasteiger partial charge in [0.05, 0.1) is 33.0 Å². The predicted molar refractivity (Wildman–Crippen MR) is 77.9 cm³/mol. The number of ether oxygens (including phenoxy) is 3. The van der Waals surface area contributed by atoms with Crippen molar-refractivity contribution in [3.05, 3.63) is 17.7 Å². The van der Waals surface area contributed by atoms with Crippen molar-refractivity contribution in [1.82, 2.24) is 4.72 Å². The molecule has 0 amide bonds. The Balaban J connectivity index is 2.16. The van der Waals surface area contributed by atoms with E-state index in [1.807, 2.05) is 0 Å². The van der Waals surface area contributed by atoms with Gasteiger partial charge in [0.25, 0.3) is 0 Å². The maximum absolute atomic E-state index is 12.4. The van der Waals surface area contributed by atoms with Gasteiger partial charge in [-0.15, -0.1) is 0 Å². The van der Waals surface area contributed by atoms with Gasteiger partial charge in [-0.05, 0) is 24.6 Å². The highest BCUT2D eigenvalue weighted by atomic mass is 32.2. The normalized spacial score (nSPS) is 19.4. The van der Waals surface area contributed by atoms with Crippen LogP contribution >= 0.6 is 0 Å². The van der Waals surface area contributed by atoms with E-state index < -0.39 is 10.0 Å². The number of methoxy groups -OCH3 is 1. The summed E-state index contributed by atoms with van der Waals surface area (Å²) < 4.78 is 43.0. The van der Waals surface area contributed by atoms with Gasteiger partial charge in [0.15, 0.2) is 0 Å². The zero-order chi connectivity index (χ0) is 15.5. The number of nitrogen functional groups attached to an aromatic ring is 1. The minimum atomic E-state index is -3.73. The first kappa shape index (κ1) is 16.0. The fourth-order valence-corrected chi connectivity index (χ4v) is 3.23. The topological polar surface area (TPSA) is 99.9 Å². The van der Waals surface area contributed by atoms with E-state index in [9.17, 15) is 8.42 Å². The number of sulfonamides is 1. The average Bonchev–Trinajstić information content (AvgIpc) is 2.48. The molecule has 1 atom stereocenters. The zero-order valence-corrected chi connectivity index (χ0v) is 12.9. The summed E-state index contributed by atoms with van der Waals surface area (Å²) in [6, 6.07) is 3.00. The minimum absolute atomic E-state index is 0.0184. The molecule has 0 aliphatic carbocycles. The Labute approximate surface area is 124 Å². The molecule has 0 bridgehead atoms. The van der Waals surface area contributed by atoms with Gasteiger partial charge in [0.1, 0.15) is 10.6 Å². The standard InChI is InChI=1S/C13H20N2O5S/c1-9-5-12(18-2)13(6-11(9)14)21(16,17)15-7-10-8-19-3-4-20-10/h5-6,10,15H,3-4,7-8,14H2,1-2H3. The highest BCUT2D eigenvalue weighted by Crippen LogP contribution is 2.28. The number of nitrogens with two attached hydrogens (primary N) is 1. The number of aryl methyl sites for hydroxylation is 1. The van der Waals surface area contributed by atoms with E-state index in [4.69, 9.17) is 19.9 Å². The van der Waals surface area contributed by atoms with Gasteiger partial charge in [-0.25, -0.2) is 13.1 Å². The van der Waals surface area contributed by atoms with E-state index in [-0.39, 0.29) is 23.3 Å². The molecule has 1 fully saturated rings. The first-order chi connectivity index (χ1) is 9.94. The fourth-order valence-electron chi connectivity index (χ4n) is 1.98. The number of hydrogen-bond donors (Lipinski definition) is 2. The van der Waals surface area contributed by atoms with Crippen LogP contribution in [0.4, 0.5) is 5.69 Å². The molecule has 8 heteroatoms. The lowest BCUT2D eigenvalue weighted by molar-refractivity contribution is -0.0846. The van der Waals surface area contributed by atoms with Crippen LogP contribution in [-0.4, -0.2) is 48.0 Å². The quantitative estimate of drug-likeness (QED) is 0.757. The van der Waals surface area contributed by atoms with Crippen LogP contribution in [0, 0.1) is 6.92 Å². The second kappa shape index (κ2) is 6.61. The van der Waals surface area contributed by atoms with Crippen molar-refractivity contribution >= 4 is 15.7 Å². The summed E-state index contributed by atoms with van der Waals surface area (Å²) in [6.07, 6.45) is -0.290. The summed E-state index contributed by atoms with van der Waals surface area (Å²) in [5.41, 5.74) is 6.94. The van der Waals surface area contributed by atoms with E-state index in [2.05, 4.69) is 4.72 Å². The summed E-state index contributed by atoms with van der Waals surface area (Å²) in [4.78, 5) is 0.0184. The molecule has 0 radical (unpaired) electrons. The van der Waals surface area contributed by atoms with Gasteiger partial charge < -0.3 is 19.9 Å². The Hall–Kier alpha value is -1.35. The molecular weight excluding hydrogens is 296 g/mol. The molecule has 0 saturated carbocycles.